The van der Waals surface area contributed by atoms with Gasteiger partial charge in [-0.05, 0) is 56.2 Å². The third-order valence-corrected chi connectivity index (χ3v) is 6.44. The fourth-order valence-corrected chi connectivity index (χ4v) is 4.87. The quantitative estimate of drug-likeness (QED) is 0.337. The highest BCUT2D eigenvalue weighted by Crippen LogP contribution is 2.37. The van der Waals surface area contributed by atoms with Crippen LogP contribution in [0.1, 0.15) is 44.0 Å². The molecular formula is C26H25N5O. The summed E-state index contributed by atoms with van der Waals surface area (Å²) in [5.41, 5.74) is 5.14. The van der Waals surface area contributed by atoms with Gasteiger partial charge in [-0.15, -0.1) is 5.10 Å². The van der Waals surface area contributed by atoms with E-state index in [1.807, 2.05) is 48.0 Å². The van der Waals surface area contributed by atoms with Gasteiger partial charge in [0, 0.05) is 11.6 Å². The fourth-order valence-electron chi connectivity index (χ4n) is 4.87. The summed E-state index contributed by atoms with van der Waals surface area (Å²) in [6.07, 6.45) is 9.76. The first kappa shape index (κ1) is 19.0. The van der Waals surface area contributed by atoms with E-state index in [2.05, 4.69) is 22.8 Å². The monoisotopic (exact) mass is 423 g/mol. The van der Waals surface area contributed by atoms with Gasteiger partial charge in [-0.25, -0.2) is 14.6 Å². The molecule has 0 N–H and O–H groups in total. The lowest BCUT2D eigenvalue weighted by atomic mass is 9.95. The topological polar surface area (TPSA) is 61.7 Å². The largest absolute Gasteiger partial charge is 0.472 e. The second-order valence-corrected chi connectivity index (χ2v) is 8.54. The second-order valence-electron chi connectivity index (χ2n) is 8.54. The van der Waals surface area contributed by atoms with Crippen molar-refractivity contribution in [1.82, 2.24) is 24.3 Å². The number of aryl methyl sites for hydroxylation is 1. The number of para-hydroxylation sites is 1. The number of hydrogen-bond acceptors (Lipinski definition) is 4. The SMILES string of the molecule is Cc1nc(-c2ccc3c(c2)nc(-c2ccoc2)n3C2CCCCC2)nn1-c1ccccc1. The Balaban J connectivity index is 1.46. The van der Waals surface area contributed by atoms with E-state index >= 15 is 0 Å². The zero-order valence-electron chi connectivity index (χ0n) is 18.1. The molecule has 0 radical (unpaired) electrons. The van der Waals surface area contributed by atoms with Crippen LogP contribution in [0.25, 0.3) is 39.5 Å². The second kappa shape index (κ2) is 7.79. The molecule has 5 aromatic rings. The normalized spacial score (nSPS) is 14.9. The Hall–Kier alpha value is -3.67. The van der Waals surface area contributed by atoms with E-state index in [1.165, 1.54) is 32.1 Å². The van der Waals surface area contributed by atoms with Crippen molar-refractivity contribution in [1.29, 1.82) is 0 Å². The zero-order valence-corrected chi connectivity index (χ0v) is 18.1. The Morgan fingerprint density at radius 2 is 1.75 bits per heavy atom. The summed E-state index contributed by atoms with van der Waals surface area (Å²) < 4.78 is 9.69. The minimum Gasteiger partial charge on any atom is -0.472 e. The van der Waals surface area contributed by atoms with E-state index in [0.717, 1.165) is 39.5 Å². The molecule has 0 unspecified atom stereocenters. The van der Waals surface area contributed by atoms with Crippen LogP contribution >= 0.6 is 0 Å². The summed E-state index contributed by atoms with van der Waals surface area (Å²) in [7, 11) is 0. The molecule has 160 valence electrons. The van der Waals surface area contributed by atoms with Crippen molar-refractivity contribution in [3.8, 4) is 28.5 Å². The van der Waals surface area contributed by atoms with Crippen LogP contribution in [0.15, 0.2) is 71.5 Å². The van der Waals surface area contributed by atoms with Gasteiger partial charge in [0.2, 0.25) is 0 Å². The predicted octanol–water partition coefficient (Wildman–Crippen LogP) is 6.36. The average molecular weight is 424 g/mol. The molecule has 32 heavy (non-hydrogen) atoms. The Morgan fingerprint density at radius 1 is 0.906 bits per heavy atom. The van der Waals surface area contributed by atoms with Crippen LogP contribution in [0.3, 0.4) is 0 Å². The summed E-state index contributed by atoms with van der Waals surface area (Å²) in [5.74, 6) is 2.56. The van der Waals surface area contributed by atoms with Crippen molar-refractivity contribution in [3.63, 3.8) is 0 Å². The lowest BCUT2D eigenvalue weighted by molar-refractivity contribution is 0.362. The van der Waals surface area contributed by atoms with E-state index in [9.17, 15) is 0 Å². The summed E-state index contributed by atoms with van der Waals surface area (Å²) in [4.78, 5) is 9.78. The predicted molar refractivity (Wildman–Crippen MR) is 125 cm³/mol. The van der Waals surface area contributed by atoms with Crippen molar-refractivity contribution in [2.24, 2.45) is 0 Å². The molecular weight excluding hydrogens is 398 g/mol. The molecule has 1 aliphatic carbocycles. The van der Waals surface area contributed by atoms with Crippen molar-refractivity contribution in [2.45, 2.75) is 45.1 Å². The molecule has 6 nitrogen and oxygen atoms in total. The number of nitrogens with zero attached hydrogens (tertiary/aromatic N) is 5. The Labute approximate surface area is 186 Å². The summed E-state index contributed by atoms with van der Waals surface area (Å²) in [5, 5.41) is 4.78. The fraction of sp³-hybridized carbons (Fsp3) is 0.269. The first-order valence-corrected chi connectivity index (χ1v) is 11.3. The van der Waals surface area contributed by atoms with Crippen LogP contribution in [-0.2, 0) is 0 Å². The third kappa shape index (κ3) is 3.23. The first-order chi connectivity index (χ1) is 15.8. The van der Waals surface area contributed by atoms with Crippen LogP contribution in [0.5, 0.6) is 0 Å². The number of benzene rings is 2. The van der Waals surface area contributed by atoms with Gasteiger partial charge in [-0.2, -0.15) is 0 Å². The highest BCUT2D eigenvalue weighted by Gasteiger charge is 2.23. The number of fused-ring (bicyclic) bond motifs is 1. The highest BCUT2D eigenvalue weighted by molar-refractivity contribution is 5.84. The minimum absolute atomic E-state index is 0.474. The van der Waals surface area contributed by atoms with E-state index in [1.54, 1.807) is 12.5 Å². The van der Waals surface area contributed by atoms with E-state index in [4.69, 9.17) is 19.5 Å². The number of furan rings is 1. The Morgan fingerprint density at radius 3 is 2.53 bits per heavy atom. The third-order valence-electron chi connectivity index (χ3n) is 6.44. The van der Waals surface area contributed by atoms with Crippen LogP contribution in [-0.4, -0.2) is 24.3 Å². The van der Waals surface area contributed by atoms with Crippen molar-refractivity contribution in [2.75, 3.05) is 0 Å². The molecule has 1 aliphatic rings. The molecule has 0 amide bonds. The summed E-state index contributed by atoms with van der Waals surface area (Å²) in [6.45, 7) is 1.98. The maximum Gasteiger partial charge on any atom is 0.181 e. The smallest absolute Gasteiger partial charge is 0.181 e. The number of aromatic nitrogens is 5. The standard InChI is InChI=1S/C26H25N5O/c1-18-27-25(29-31(18)22-10-6-3-7-11-22)19-12-13-24-23(16-19)28-26(20-14-15-32-17-20)30(24)21-8-4-2-5-9-21/h3,6-7,10-17,21H,2,4-5,8-9H2,1H3. The molecule has 0 atom stereocenters. The summed E-state index contributed by atoms with van der Waals surface area (Å²) in [6, 6.07) is 19.0. The van der Waals surface area contributed by atoms with Gasteiger partial charge >= 0.3 is 0 Å². The Bertz CT molecular complexity index is 1360. The maximum absolute atomic E-state index is 5.38. The molecule has 6 heteroatoms. The number of hydrogen-bond donors (Lipinski definition) is 0. The van der Waals surface area contributed by atoms with Crippen molar-refractivity contribution in [3.05, 3.63) is 72.9 Å². The molecule has 0 spiro atoms. The van der Waals surface area contributed by atoms with Gasteiger partial charge in [-0.1, -0.05) is 37.5 Å². The Kier molecular flexibility index (Phi) is 4.63. The average Bonchev–Trinajstić information content (AvgIpc) is 3.58. The van der Waals surface area contributed by atoms with Crippen molar-refractivity contribution < 1.29 is 4.42 Å². The van der Waals surface area contributed by atoms with Crippen LogP contribution in [0.4, 0.5) is 0 Å². The number of rotatable bonds is 4. The lowest BCUT2D eigenvalue weighted by Gasteiger charge is -2.25. The highest BCUT2D eigenvalue weighted by atomic mass is 16.3. The van der Waals surface area contributed by atoms with Gasteiger partial charge in [0.05, 0.1) is 28.5 Å². The van der Waals surface area contributed by atoms with Crippen molar-refractivity contribution >= 4 is 11.0 Å². The van der Waals surface area contributed by atoms with Crippen LogP contribution in [0, 0.1) is 6.92 Å². The van der Waals surface area contributed by atoms with Gasteiger partial charge in [0.1, 0.15) is 17.9 Å². The first-order valence-electron chi connectivity index (χ1n) is 11.3. The van der Waals surface area contributed by atoms with Gasteiger partial charge in [0.25, 0.3) is 0 Å². The minimum atomic E-state index is 0.474. The molecule has 0 bridgehead atoms. The summed E-state index contributed by atoms with van der Waals surface area (Å²) >= 11 is 0. The van der Waals surface area contributed by atoms with Crippen LogP contribution < -0.4 is 0 Å². The van der Waals surface area contributed by atoms with Gasteiger partial charge in [0.15, 0.2) is 5.82 Å². The molecule has 1 fully saturated rings. The molecule has 6 rings (SSSR count). The molecule has 0 saturated heterocycles. The molecule has 2 aromatic carbocycles. The molecule has 0 aliphatic heterocycles. The van der Waals surface area contributed by atoms with E-state index in [-0.39, 0.29) is 0 Å². The maximum atomic E-state index is 5.38. The van der Waals surface area contributed by atoms with Gasteiger partial charge < -0.3 is 8.98 Å². The van der Waals surface area contributed by atoms with Crippen LogP contribution in [0.2, 0.25) is 0 Å². The van der Waals surface area contributed by atoms with Gasteiger partial charge in [-0.3, -0.25) is 0 Å². The number of imidazole rings is 1. The molecule has 1 saturated carbocycles. The molecule has 3 heterocycles. The zero-order chi connectivity index (χ0) is 21.5. The molecule has 3 aromatic heterocycles. The lowest BCUT2D eigenvalue weighted by Crippen LogP contribution is -2.13. The van der Waals surface area contributed by atoms with E-state index < -0.39 is 0 Å². The van der Waals surface area contributed by atoms with E-state index in [0.29, 0.717) is 11.9 Å².